The summed E-state index contributed by atoms with van der Waals surface area (Å²) in [5.74, 6) is 0.0619. The van der Waals surface area contributed by atoms with Crippen LogP contribution in [0.3, 0.4) is 0 Å². The van der Waals surface area contributed by atoms with Crippen molar-refractivity contribution in [2.24, 2.45) is 5.92 Å². The minimum Gasteiger partial charge on any atom is -0.353 e. The van der Waals surface area contributed by atoms with Crippen molar-refractivity contribution >= 4 is 17.7 Å². The lowest BCUT2D eigenvalue weighted by Crippen LogP contribution is -2.50. The van der Waals surface area contributed by atoms with Crippen LogP contribution in [-0.2, 0) is 9.59 Å². The van der Waals surface area contributed by atoms with E-state index in [1.54, 1.807) is 24.5 Å². The zero-order valence-corrected chi connectivity index (χ0v) is 15.9. The van der Waals surface area contributed by atoms with Crippen molar-refractivity contribution in [2.45, 2.75) is 45.1 Å². The van der Waals surface area contributed by atoms with E-state index in [1.807, 2.05) is 16.7 Å². The largest absolute Gasteiger partial charge is 0.353 e. The minimum absolute atomic E-state index is 0.0168. The Morgan fingerprint density at radius 2 is 1.78 bits per heavy atom. The van der Waals surface area contributed by atoms with E-state index in [0.29, 0.717) is 31.6 Å². The summed E-state index contributed by atoms with van der Waals surface area (Å²) in [7, 11) is 0. The molecular formula is C20H28N4O3. The molecule has 0 radical (unpaired) electrons. The maximum Gasteiger partial charge on any atom is 0.253 e. The number of amides is 3. The third-order valence-electron chi connectivity index (χ3n) is 5.50. The van der Waals surface area contributed by atoms with Gasteiger partial charge in [0.1, 0.15) is 0 Å². The number of likely N-dealkylation sites (tertiary alicyclic amines) is 2. The standard InChI is InChI=1S/C20H28N4O3/c1-2-18(25)24-11-3-4-16(14-24)19(26)22-17-7-12-23(13-8-17)20(27)15-5-9-21-10-6-15/h5-6,9-10,16-17H,2-4,7-8,11-14H2,1H3,(H,22,26)/t16-/m1/s1. The van der Waals surface area contributed by atoms with Gasteiger partial charge in [0.2, 0.25) is 11.8 Å². The van der Waals surface area contributed by atoms with Crippen LogP contribution in [0.1, 0.15) is 49.4 Å². The van der Waals surface area contributed by atoms with Crippen LogP contribution >= 0.6 is 0 Å². The SMILES string of the molecule is CCC(=O)N1CCC[C@@H](C(=O)NC2CCN(C(=O)c3ccncc3)CC2)C1. The summed E-state index contributed by atoms with van der Waals surface area (Å²) in [6, 6.07) is 3.54. The van der Waals surface area contributed by atoms with Crippen molar-refractivity contribution in [1.82, 2.24) is 20.1 Å². The van der Waals surface area contributed by atoms with Crippen LogP contribution in [0.15, 0.2) is 24.5 Å². The molecule has 1 atom stereocenters. The molecule has 1 aromatic heterocycles. The monoisotopic (exact) mass is 372 g/mol. The number of hydrogen-bond donors (Lipinski definition) is 1. The molecule has 0 bridgehead atoms. The van der Waals surface area contributed by atoms with Crippen LogP contribution in [-0.4, -0.2) is 64.7 Å². The predicted molar refractivity (Wildman–Crippen MR) is 101 cm³/mol. The zero-order valence-electron chi connectivity index (χ0n) is 15.9. The van der Waals surface area contributed by atoms with Crippen molar-refractivity contribution in [2.75, 3.05) is 26.2 Å². The van der Waals surface area contributed by atoms with E-state index in [-0.39, 0.29) is 29.7 Å². The first-order valence-corrected chi connectivity index (χ1v) is 9.86. The molecule has 0 unspecified atom stereocenters. The normalized spacial score (nSPS) is 21.0. The summed E-state index contributed by atoms with van der Waals surface area (Å²) < 4.78 is 0. The van der Waals surface area contributed by atoms with Gasteiger partial charge in [0.05, 0.1) is 5.92 Å². The van der Waals surface area contributed by atoms with Gasteiger partial charge in [0.15, 0.2) is 0 Å². The Morgan fingerprint density at radius 3 is 2.44 bits per heavy atom. The van der Waals surface area contributed by atoms with Crippen LogP contribution < -0.4 is 5.32 Å². The van der Waals surface area contributed by atoms with Gasteiger partial charge in [-0.2, -0.15) is 0 Å². The Bertz CT molecular complexity index is 671. The summed E-state index contributed by atoms with van der Waals surface area (Å²) in [6.45, 7) is 4.41. The highest BCUT2D eigenvalue weighted by Gasteiger charge is 2.30. The van der Waals surface area contributed by atoms with Crippen molar-refractivity contribution in [3.63, 3.8) is 0 Å². The first-order chi connectivity index (χ1) is 13.1. The highest BCUT2D eigenvalue weighted by Crippen LogP contribution is 2.19. The first-order valence-electron chi connectivity index (χ1n) is 9.86. The average molecular weight is 372 g/mol. The minimum atomic E-state index is -0.120. The van der Waals surface area contributed by atoms with Gasteiger partial charge in [-0.15, -0.1) is 0 Å². The summed E-state index contributed by atoms with van der Waals surface area (Å²) in [4.78, 5) is 44.6. The molecule has 1 N–H and O–H groups in total. The van der Waals surface area contributed by atoms with Crippen LogP contribution in [0.5, 0.6) is 0 Å². The molecule has 2 aliphatic heterocycles. The Kier molecular flexibility index (Phi) is 6.42. The number of piperidine rings is 2. The number of nitrogens with zero attached hydrogens (tertiary/aromatic N) is 3. The maximum absolute atomic E-state index is 12.6. The molecule has 2 saturated heterocycles. The molecule has 7 nitrogen and oxygen atoms in total. The van der Waals surface area contributed by atoms with Crippen LogP contribution in [0.25, 0.3) is 0 Å². The second-order valence-corrected chi connectivity index (χ2v) is 7.34. The second-order valence-electron chi connectivity index (χ2n) is 7.34. The maximum atomic E-state index is 12.6. The fraction of sp³-hybridized carbons (Fsp3) is 0.600. The fourth-order valence-electron chi connectivity index (χ4n) is 3.86. The molecule has 2 fully saturated rings. The van der Waals surface area contributed by atoms with Gasteiger partial charge in [-0.25, -0.2) is 0 Å². The van der Waals surface area contributed by atoms with Crippen molar-refractivity contribution in [1.29, 1.82) is 0 Å². The lowest BCUT2D eigenvalue weighted by atomic mass is 9.95. The zero-order chi connectivity index (χ0) is 19.2. The van der Waals surface area contributed by atoms with E-state index >= 15 is 0 Å². The Morgan fingerprint density at radius 1 is 1.07 bits per heavy atom. The number of hydrogen-bond acceptors (Lipinski definition) is 4. The number of nitrogens with one attached hydrogen (secondary N) is 1. The molecular weight excluding hydrogens is 344 g/mol. The van der Waals surface area contributed by atoms with Crippen LogP contribution in [0.2, 0.25) is 0 Å². The molecule has 7 heteroatoms. The first kappa shape index (κ1) is 19.3. The third-order valence-corrected chi connectivity index (χ3v) is 5.50. The number of carbonyl (C=O) groups is 3. The quantitative estimate of drug-likeness (QED) is 0.867. The van der Waals surface area contributed by atoms with Gasteiger partial charge in [0.25, 0.3) is 5.91 Å². The highest BCUT2D eigenvalue weighted by atomic mass is 16.2. The summed E-state index contributed by atoms with van der Waals surface area (Å²) in [5, 5.41) is 3.14. The Balaban J connectivity index is 1.47. The smallest absolute Gasteiger partial charge is 0.253 e. The molecule has 146 valence electrons. The molecule has 3 rings (SSSR count). The van der Waals surface area contributed by atoms with E-state index in [1.165, 1.54) is 0 Å². The van der Waals surface area contributed by atoms with E-state index in [9.17, 15) is 14.4 Å². The van der Waals surface area contributed by atoms with E-state index in [2.05, 4.69) is 10.3 Å². The predicted octanol–water partition coefficient (Wildman–Crippen LogP) is 1.45. The molecule has 0 aliphatic carbocycles. The van der Waals surface area contributed by atoms with Crippen molar-refractivity contribution < 1.29 is 14.4 Å². The molecule has 3 amide bonds. The number of rotatable bonds is 4. The molecule has 0 saturated carbocycles. The number of aromatic nitrogens is 1. The topological polar surface area (TPSA) is 82.6 Å². The van der Waals surface area contributed by atoms with Gasteiger partial charge in [-0.05, 0) is 37.8 Å². The lowest BCUT2D eigenvalue weighted by Gasteiger charge is -2.35. The summed E-state index contributed by atoms with van der Waals surface area (Å²) in [5.41, 5.74) is 0.648. The fourth-order valence-corrected chi connectivity index (χ4v) is 3.86. The van der Waals surface area contributed by atoms with Gasteiger partial charge in [0, 0.05) is 56.6 Å². The summed E-state index contributed by atoms with van der Waals surface area (Å²) in [6.07, 6.45) is 6.95. The Labute approximate surface area is 160 Å². The average Bonchev–Trinajstić information content (AvgIpc) is 2.74. The number of carbonyl (C=O) groups excluding carboxylic acids is 3. The lowest BCUT2D eigenvalue weighted by molar-refractivity contribution is -0.135. The molecule has 27 heavy (non-hydrogen) atoms. The number of pyridine rings is 1. The van der Waals surface area contributed by atoms with Crippen LogP contribution in [0.4, 0.5) is 0 Å². The molecule has 0 aromatic carbocycles. The van der Waals surface area contributed by atoms with E-state index in [4.69, 9.17) is 0 Å². The van der Waals surface area contributed by atoms with E-state index < -0.39 is 0 Å². The molecule has 3 heterocycles. The van der Waals surface area contributed by atoms with Gasteiger partial charge in [-0.1, -0.05) is 6.92 Å². The van der Waals surface area contributed by atoms with Gasteiger partial charge >= 0.3 is 0 Å². The molecule has 2 aliphatic rings. The van der Waals surface area contributed by atoms with Crippen molar-refractivity contribution in [3.05, 3.63) is 30.1 Å². The second kappa shape index (κ2) is 8.97. The highest BCUT2D eigenvalue weighted by molar-refractivity contribution is 5.94. The summed E-state index contributed by atoms with van der Waals surface area (Å²) >= 11 is 0. The molecule has 0 spiro atoms. The molecule has 1 aromatic rings. The van der Waals surface area contributed by atoms with Gasteiger partial charge in [-0.3, -0.25) is 19.4 Å². The van der Waals surface area contributed by atoms with Gasteiger partial charge < -0.3 is 15.1 Å². The van der Waals surface area contributed by atoms with Crippen molar-refractivity contribution in [3.8, 4) is 0 Å². The third kappa shape index (κ3) is 4.84. The Hall–Kier alpha value is -2.44. The van der Waals surface area contributed by atoms with Crippen LogP contribution in [0, 0.1) is 5.92 Å². The van der Waals surface area contributed by atoms with E-state index in [0.717, 1.165) is 32.2 Å².